The number of imidazole rings is 1. The molecule has 0 aliphatic carbocycles. The second-order valence-electron chi connectivity index (χ2n) is 5.89. The SMILES string of the molecule is COc1cc(C)cc(C)c1C(F)(OC)c1nc2ccc(C#N)cc2[nH]1. The van der Waals surface area contributed by atoms with Crippen molar-refractivity contribution in [1.29, 1.82) is 5.26 Å². The van der Waals surface area contributed by atoms with Gasteiger partial charge in [0.2, 0.25) is 0 Å². The van der Waals surface area contributed by atoms with Gasteiger partial charge in [-0.1, -0.05) is 6.07 Å². The van der Waals surface area contributed by atoms with Gasteiger partial charge in [0.1, 0.15) is 5.75 Å². The second-order valence-corrected chi connectivity index (χ2v) is 5.89. The number of hydrogen-bond acceptors (Lipinski definition) is 4. The molecule has 0 bridgehead atoms. The molecule has 1 heterocycles. The third-order valence-electron chi connectivity index (χ3n) is 4.18. The van der Waals surface area contributed by atoms with Crippen LogP contribution in [-0.2, 0) is 10.6 Å². The highest BCUT2D eigenvalue weighted by molar-refractivity contribution is 5.77. The lowest BCUT2D eigenvalue weighted by atomic mass is 9.97. The fourth-order valence-corrected chi connectivity index (χ4v) is 3.05. The first-order chi connectivity index (χ1) is 11.9. The summed E-state index contributed by atoms with van der Waals surface area (Å²) in [5.41, 5.74) is 3.50. The molecule has 128 valence electrons. The van der Waals surface area contributed by atoms with Gasteiger partial charge in [-0.15, -0.1) is 0 Å². The minimum atomic E-state index is -2.31. The highest BCUT2D eigenvalue weighted by atomic mass is 19.2. The number of nitrogens with zero attached hydrogens (tertiary/aromatic N) is 2. The van der Waals surface area contributed by atoms with Crippen LogP contribution in [0, 0.1) is 25.2 Å². The maximum atomic E-state index is 16.0. The molecule has 25 heavy (non-hydrogen) atoms. The van der Waals surface area contributed by atoms with Crippen LogP contribution in [0.4, 0.5) is 4.39 Å². The first kappa shape index (κ1) is 16.9. The van der Waals surface area contributed by atoms with E-state index < -0.39 is 5.85 Å². The fraction of sp³-hybridized carbons (Fsp3) is 0.263. The molecule has 5 nitrogen and oxygen atoms in total. The number of ether oxygens (including phenoxy) is 2. The summed E-state index contributed by atoms with van der Waals surface area (Å²) in [4.78, 5) is 7.26. The number of nitrogens with one attached hydrogen (secondary N) is 1. The number of fused-ring (bicyclic) bond motifs is 1. The van der Waals surface area contributed by atoms with E-state index in [0.717, 1.165) is 5.56 Å². The molecule has 1 aromatic heterocycles. The largest absolute Gasteiger partial charge is 0.496 e. The average Bonchev–Trinajstić information content (AvgIpc) is 3.03. The Morgan fingerprint density at radius 2 is 1.96 bits per heavy atom. The molecule has 1 N–H and O–H groups in total. The van der Waals surface area contributed by atoms with Gasteiger partial charge in [0.15, 0.2) is 5.82 Å². The van der Waals surface area contributed by atoms with E-state index in [4.69, 9.17) is 14.7 Å². The first-order valence-electron chi connectivity index (χ1n) is 7.73. The number of aromatic nitrogens is 2. The second kappa shape index (κ2) is 6.19. The Labute approximate surface area is 145 Å². The number of halogens is 1. The van der Waals surface area contributed by atoms with Crippen molar-refractivity contribution >= 4 is 11.0 Å². The molecule has 0 aliphatic heterocycles. The number of aryl methyl sites for hydroxylation is 2. The average molecular weight is 339 g/mol. The molecule has 3 rings (SSSR count). The quantitative estimate of drug-likeness (QED) is 0.783. The predicted octanol–water partition coefficient (Wildman–Crippen LogP) is 3.88. The first-order valence-corrected chi connectivity index (χ1v) is 7.73. The maximum Gasteiger partial charge on any atom is 0.297 e. The molecule has 0 spiro atoms. The number of hydrogen-bond donors (Lipinski definition) is 1. The molecular weight excluding hydrogens is 321 g/mol. The standard InChI is InChI=1S/C19H18FN3O2/c1-11-7-12(2)17(16(8-11)24-3)19(20,25-4)18-22-14-6-5-13(10-21)9-15(14)23-18/h5-9H,1-4H3,(H,22,23). The fourth-order valence-electron chi connectivity index (χ4n) is 3.05. The van der Waals surface area contributed by atoms with Gasteiger partial charge in [-0.25, -0.2) is 4.98 Å². The Balaban J connectivity index is 2.24. The van der Waals surface area contributed by atoms with Gasteiger partial charge in [-0.3, -0.25) is 0 Å². The molecule has 0 aliphatic rings. The molecule has 3 aromatic rings. The van der Waals surface area contributed by atoms with Gasteiger partial charge in [-0.2, -0.15) is 9.65 Å². The van der Waals surface area contributed by atoms with Crippen molar-refractivity contribution in [1.82, 2.24) is 9.97 Å². The molecule has 6 heteroatoms. The predicted molar refractivity (Wildman–Crippen MR) is 92.2 cm³/mol. The van der Waals surface area contributed by atoms with Crippen LogP contribution < -0.4 is 4.74 Å². The molecular formula is C19H18FN3O2. The Morgan fingerprint density at radius 3 is 2.60 bits per heavy atom. The van der Waals surface area contributed by atoms with Crippen molar-refractivity contribution in [2.75, 3.05) is 14.2 Å². The van der Waals surface area contributed by atoms with E-state index in [9.17, 15) is 0 Å². The Bertz CT molecular complexity index is 990. The molecule has 0 saturated carbocycles. The normalized spacial score (nSPS) is 13.4. The molecule has 0 radical (unpaired) electrons. The van der Waals surface area contributed by atoms with E-state index in [0.29, 0.717) is 27.9 Å². The van der Waals surface area contributed by atoms with Crippen LogP contribution >= 0.6 is 0 Å². The van der Waals surface area contributed by atoms with Gasteiger partial charge in [-0.05, 0) is 49.2 Å². The summed E-state index contributed by atoms with van der Waals surface area (Å²) in [6.07, 6.45) is 0. The lowest BCUT2D eigenvalue weighted by Crippen LogP contribution is -2.27. The third kappa shape index (κ3) is 2.73. The zero-order valence-corrected chi connectivity index (χ0v) is 14.5. The van der Waals surface area contributed by atoms with Crippen molar-refractivity contribution in [3.63, 3.8) is 0 Å². The molecule has 2 aromatic carbocycles. The number of methoxy groups -OCH3 is 2. The van der Waals surface area contributed by atoms with Crippen molar-refractivity contribution < 1.29 is 13.9 Å². The summed E-state index contributed by atoms with van der Waals surface area (Å²) in [6.45, 7) is 3.71. The Kier molecular flexibility index (Phi) is 4.19. The number of aromatic amines is 1. The van der Waals surface area contributed by atoms with Crippen LogP contribution in [0.3, 0.4) is 0 Å². The van der Waals surface area contributed by atoms with E-state index >= 15 is 4.39 Å². The number of H-pyrrole nitrogens is 1. The van der Waals surface area contributed by atoms with Crippen molar-refractivity contribution in [3.8, 4) is 11.8 Å². The summed E-state index contributed by atoms with van der Waals surface area (Å²) < 4.78 is 26.6. The number of rotatable bonds is 4. The van der Waals surface area contributed by atoms with Gasteiger partial charge >= 0.3 is 0 Å². The zero-order chi connectivity index (χ0) is 18.2. The molecule has 0 amide bonds. The zero-order valence-electron chi connectivity index (χ0n) is 14.5. The van der Waals surface area contributed by atoms with Crippen LogP contribution in [0.15, 0.2) is 30.3 Å². The van der Waals surface area contributed by atoms with Gasteiger partial charge in [0, 0.05) is 7.11 Å². The van der Waals surface area contributed by atoms with Crippen LogP contribution in [0.5, 0.6) is 5.75 Å². The van der Waals surface area contributed by atoms with Crippen molar-refractivity contribution in [3.05, 3.63) is 58.4 Å². The summed E-state index contributed by atoms with van der Waals surface area (Å²) in [7, 11) is 2.78. The summed E-state index contributed by atoms with van der Waals surface area (Å²) >= 11 is 0. The number of benzene rings is 2. The molecule has 0 fully saturated rings. The van der Waals surface area contributed by atoms with E-state index in [-0.39, 0.29) is 11.4 Å². The lowest BCUT2D eigenvalue weighted by Gasteiger charge is -2.26. The molecule has 0 saturated heterocycles. The smallest absolute Gasteiger partial charge is 0.297 e. The summed E-state index contributed by atoms with van der Waals surface area (Å²) in [6, 6.07) is 10.6. The summed E-state index contributed by atoms with van der Waals surface area (Å²) in [5.74, 6) is -1.92. The van der Waals surface area contributed by atoms with Crippen LogP contribution in [-0.4, -0.2) is 24.2 Å². The minimum Gasteiger partial charge on any atom is -0.496 e. The highest BCUT2D eigenvalue weighted by Gasteiger charge is 2.42. The van der Waals surface area contributed by atoms with Crippen molar-refractivity contribution in [2.24, 2.45) is 0 Å². The highest BCUT2D eigenvalue weighted by Crippen LogP contribution is 2.41. The Morgan fingerprint density at radius 1 is 1.20 bits per heavy atom. The van der Waals surface area contributed by atoms with Gasteiger partial charge < -0.3 is 14.5 Å². The third-order valence-corrected chi connectivity index (χ3v) is 4.18. The topological polar surface area (TPSA) is 70.9 Å². The van der Waals surface area contributed by atoms with Gasteiger partial charge in [0.05, 0.1) is 35.3 Å². The van der Waals surface area contributed by atoms with E-state index in [1.807, 2.05) is 13.0 Å². The van der Waals surface area contributed by atoms with E-state index in [1.165, 1.54) is 14.2 Å². The maximum absolute atomic E-state index is 16.0. The number of alkyl halides is 1. The van der Waals surface area contributed by atoms with E-state index in [2.05, 4.69) is 16.0 Å². The molecule has 1 atom stereocenters. The lowest BCUT2D eigenvalue weighted by molar-refractivity contribution is -0.0997. The van der Waals surface area contributed by atoms with Gasteiger partial charge in [0.25, 0.3) is 5.85 Å². The van der Waals surface area contributed by atoms with Crippen LogP contribution in [0.2, 0.25) is 0 Å². The monoisotopic (exact) mass is 339 g/mol. The van der Waals surface area contributed by atoms with Crippen molar-refractivity contribution in [2.45, 2.75) is 19.7 Å². The molecule has 1 unspecified atom stereocenters. The number of nitriles is 1. The van der Waals surface area contributed by atoms with E-state index in [1.54, 1.807) is 31.2 Å². The minimum absolute atomic E-state index is 0.00495. The van der Waals surface area contributed by atoms with Crippen LogP contribution in [0.1, 0.15) is 28.1 Å². The van der Waals surface area contributed by atoms with Crippen LogP contribution in [0.25, 0.3) is 11.0 Å². The Hall–Kier alpha value is -2.91. The summed E-state index contributed by atoms with van der Waals surface area (Å²) in [5, 5.41) is 9.02.